The van der Waals surface area contributed by atoms with Crippen molar-refractivity contribution in [3.8, 4) is 0 Å². The molecule has 0 aliphatic heterocycles. The van der Waals surface area contributed by atoms with Gasteiger partial charge >= 0.3 is 5.97 Å². The Morgan fingerprint density at radius 3 is 2.29 bits per heavy atom. The summed E-state index contributed by atoms with van der Waals surface area (Å²) in [5.74, 6) is 0.160. The Bertz CT molecular complexity index is 275. The molecule has 4 fully saturated rings. The van der Waals surface area contributed by atoms with Gasteiger partial charge in [0, 0.05) is 0 Å². The number of rotatable bonds is 1. The SMILES string of the molecule is O=C(O)C12CC3CC(CC(C3)C1F)C2. The van der Waals surface area contributed by atoms with Crippen LogP contribution in [0.2, 0.25) is 0 Å². The molecule has 1 N–H and O–H groups in total. The maximum Gasteiger partial charge on any atom is 0.312 e. The van der Waals surface area contributed by atoms with Crippen molar-refractivity contribution in [3.63, 3.8) is 0 Å². The lowest BCUT2D eigenvalue weighted by Gasteiger charge is -2.56. The number of carboxylic acid groups (broad SMARTS) is 1. The predicted octanol–water partition coefficient (Wildman–Crippen LogP) is 2.24. The average molecular weight is 198 g/mol. The largest absolute Gasteiger partial charge is 0.481 e. The molecule has 0 radical (unpaired) electrons. The molecular weight excluding hydrogens is 183 g/mol. The highest BCUT2D eigenvalue weighted by Crippen LogP contribution is 2.61. The van der Waals surface area contributed by atoms with Crippen molar-refractivity contribution >= 4 is 5.97 Å². The molecular formula is C11H15FO2. The van der Waals surface area contributed by atoms with E-state index in [1.54, 1.807) is 0 Å². The molecule has 0 spiro atoms. The number of aliphatic carboxylic acids is 1. The van der Waals surface area contributed by atoms with Crippen LogP contribution in [-0.2, 0) is 4.79 Å². The highest BCUT2D eigenvalue weighted by molar-refractivity contribution is 5.76. The second-order valence-electron chi connectivity index (χ2n) is 5.47. The maximum absolute atomic E-state index is 14.0. The molecule has 3 atom stereocenters. The summed E-state index contributed by atoms with van der Waals surface area (Å²) in [5.41, 5.74) is -0.991. The van der Waals surface area contributed by atoms with Crippen LogP contribution in [0.4, 0.5) is 4.39 Å². The van der Waals surface area contributed by atoms with E-state index in [1.807, 2.05) is 0 Å². The predicted molar refractivity (Wildman–Crippen MR) is 48.5 cm³/mol. The highest BCUT2D eigenvalue weighted by atomic mass is 19.1. The highest BCUT2D eigenvalue weighted by Gasteiger charge is 2.61. The van der Waals surface area contributed by atoms with Gasteiger partial charge in [-0.3, -0.25) is 4.79 Å². The Labute approximate surface area is 82.5 Å². The smallest absolute Gasteiger partial charge is 0.312 e. The van der Waals surface area contributed by atoms with Gasteiger partial charge in [-0.1, -0.05) is 0 Å². The number of carboxylic acids is 1. The molecule has 78 valence electrons. The van der Waals surface area contributed by atoms with Crippen LogP contribution in [0, 0.1) is 23.2 Å². The van der Waals surface area contributed by atoms with E-state index in [0.29, 0.717) is 24.7 Å². The molecule has 3 unspecified atom stereocenters. The van der Waals surface area contributed by atoms with Gasteiger partial charge in [0.25, 0.3) is 0 Å². The Kier molecular flexibility index (Phi) is 1.55. The quantitative estimate of drug-likeness (QED) is 0.701. The van der Waals surface area contributed by atoms with Gasteiger partial charge in [0.05, 0.1) is 5.41 Å². The Morgan fingerprint density at radius 2 is 1.79 bits per heavy atom. The third kappa shape index (κ3) is 0.882. The third-order valence-corrected chi connectivity index (χ3v) is 4.61. The molecule has 14 heavy (non-hydrogen) atoms. The molecule has 0 saturated heterocycles. The van der Waals surface area contributed by atoms with Crippen molar-refractivity contribution in [1.29, 1.82) is 0 Å². The van der Waals surface area contributed by atoms with Crippen LogP contribution < -0.4 is 0 Å². The van der Waals surface area contributed by atoms with Crippen LogP contribution in [0.3, 0.4) is 0 Å². The van der Waals surface area contributed by atoms with Crippen molar-refractivity contribution in [1.82, 2.24) is 0 Å². The summed E-state index contributed by atoms with van der Waals surface area (Å²) >= 11 is 0. The van der Waals surface area contributed by atoms with Crippen LogP contribution in [0.15, 0.2) is 0 Å². The van der Waals surface area contributed by atoms with Crippen LogP contribution in [0.5, 0.6) is 0 Å². The lowest BCUT2D eigenvalue weighted by molar-refractivity contribution is -0.179. The second-order valence-corrected chi connectivity index (χ2v) is 5.47. The molecule has 4 aliphatic rings. The molecule has 0 heterocycles. The summed E-state index contributed by atoms with van der Waals surface area (Å²) < 4.78 is 14.0. The first-order valence-corrected chi connectivity index (χ1v) is 5.49. The summed E-state index contributed by atoms with van der Waals surface area (Å²) in [6, 6.07) is 0. The molecule has 0 aromatic carbocycles. The molecule has 0 amide bonds. The van der Waals surface area contributed by atoms with Crippen molar-refractivity contribution in [2.75, 3.05) is 0 Å². The van der Waals surface area contributed by atoms with Crippen molar-refractivity contribution < 1.29 is 14.3 Å². The molecule has 4 aliphatic carbocycles. The lowest BCUT2D eigenvalue weighted by Crippen LogP contribution is -2.57. The van der Waals surface area contributed by atoms with E-state index >= 15 is 0 Å². The molecule has 0 aromatic heterocycles. The molecule has 0 aromatic rings. The minimum atomic E-state index is -1.08. The first kappa shape index (κ1) is 8.69. The minimum Gasteiger partial charge on any atom is -0.481 e. The normalized spacial score (nSPS) is 54.9. The first-order valence-electron chi connectivity index (χ1n) is 5.49. The Balaban J connectivity index is 2.01. The topological polar surface area (TPSA) is 37.3 Å². The first-order chi connectivity index (χ1) is 6.62. The van der Waals surface area contributed by atoms with Crippen molar-refractivity contribution in [2.45, 2.75) is 38.3 Å². The van der Waals surface area contributed by atoms with E-state index < -0.39 is 17.6 Å². The van der Waals surface area contributed by atoms with Gasteiger partial charge in [-0.15, -0.1) is 0 Å². The Morgan fingerprint density at radius 1 is 1.21 bits per heavy atom. The van der Waals surface area contributed by atoms with Crippen molar-refractivity contribution in [3.05, 3.63) is 0 Å². The van der Waals surface area contributed by atoms with Gasteiger partial charge in [-0.05, 0) is 49.9 Å². The fourth-order valence-corrected chi connectivity index (χ4v) is 4.27. The molecule has 4 saturated carbocycles. The number of alkyl halides is 1. The van der Waals surface area contributed by atoms with Gasteiger partial charge < -0.3 is 5.11 Å². The van der Waals surface area contributed by atoms with E-state index in [-0.39, 0.29) is 5.92 Å². The number of carbonyl (C=O) groups is 1. The second kappa shape index (κ2) is 2.50. The average Bonchev–Trinajstić information content (AvgIpc) is 2.12. The number of halogens is 1. The van der Waals surface area contributed by atoms with Crippen LogP contribution >= 0.6 is 0 Å². The van der Waals surface area contributed by atoms with E-state index in [4.69, 9.17) is 0 Å². The lowest BCUT2D eigenvalue weighted by atomic mass is 9.48. The van der Waals surface area contributed by atoms with Crippen LogP contribution in [-0.4, -0.2) is 17.2 Å². The fraction of sp³-hybridized carbons (Fsp3) is 0.909. The fourth-order valence-electron chi connectivity index (χ4n) is 4.27. The van der Waals surface area contributed by atoms with Crippen molar-refractivity contribution in [2.24, 2.45) is 23.2 Å². The van der Waals surface area contributed by atoms with Gasteiger partial charge in [0.1, 0.15) is 6.17 Å². The molecule has 4 bridgehead atoms. The summed E-state index contributed by atoms with van der Waals surface area (Å²) in [6.07, 6.45) is 3.14. The van der Waals surface area contributed by atoms with Crippen LogP contribution in [0.25, 0.3) is 0 Å². The number of hydrogen-bond acceptors (Lipinski definition) is 1. The molecule has 2 nitrogen and oxygen atoms in total. The Hall–Kier alpha value is -0.600. The van der Waals surface area contributed by atoms with Gasteiger partial charge in [-0.25, -0.2) is 4.39 Å². The monoisotopic (exact) mass is 198 g/mol. The van der Waals surface area contributed by atoms with E-state index in [2.05, 4.69) is 0 Å². The minimum absolute atomic E-state index is 0.0531. The van der Waals surface area contributed by atoms with Gasteiger partial charge in [-0.2, -0.15) is 0 Å². The van der Waals surface area contributed by atoms with E-state index in [9.17, 15) is 14.3 Å². The molecule has 3 heteroatoms. The van der Waals surface area contributed by atoms with Gasteiger partial charge in [0.2, 0.25) is 0 Å². The standard InChI is InChI=1S/C11H15FO2/c12-9-8-2-6-1-7(3-8)5-11(9,4-6)10(13)14/h6-9H,1-5H2,(H,13,14). The zero-order chi connectivity index (χ0) is 9.92. The summed E-state index contributed by atoms with van der Waals surface area (Å²) in [6.45, 7) is 0. The summed E-state index contributed by atoms with van der Waals surface area (Å²) in [4.78, 5) is 11.2. The van der Waals surface area contributed by atoms with Crippen LogP contribution in [0.1, 0.15) is 32.1 Å². The van der Waals surface area contributed by atoms with Gasteiger partial charge in [0.15, 0.2) is 0 Å². The summed E-state index contributed by atoms with van der Waals surface area (Å²) in [7, 11) is 0. The van der Waals surface area contributed by atoms with E-state index in [1.165, 1.54) is 0 Å². The summed E-state index contributed by atoms with van der Waals surface area (Å²) in [5, 5.41) is 9.21. The molecule has 4 rings (SSSR count). The zero-order valence-electron chi connectivity index (χ0n) is 8.08. The number of hydrogen-bond donors (Lipinski definition) is 1. The zero-order valence-corrected chi connectivity index (χ0v) is 8.08. The third-order valence-electron chi connectivity index (χ3n) is 4.61. The maximum atomic E-state index is 14.0. The van der Waals surface area contributed by atoms with E-state index in [0.717, 1.165) is 19.3 Å².